The minimum atomic E-state index is -1.16. The molecule has 1 fully saturated rings. The van der Waals surface area contributed by atoms with Gasteiger partial charge in [-0.1, -0.05) is 12.2 Å². The second-order valence-corrected chi connectivity index (χ2v) is 9.08. The van der Waals surface area contributed by atoms with Crippen molar-refractivity contribution in [3.8, 4) is 0 Å². The van der Waals surface area contributed by atoms with Gasteiger partial charge in [-0.15, -0.1) is 0 Å². The Morgan fingerprint density at radius 1 is 1.22 bits per heavy atom. The number of rotatable bonds is 10. The third-order valence-corrected chi connectivity index (χ3v) is 5.16. The number of Topliss-reactive ketones (excluding diaryl/α,β-unsaturated/α-hetero) is 1. The number of aliphatic hydroxyl groups is 1. The van der Waals surface area contributed by atoms with Crippen LogP contribution in [0.2, 0.25) is 0 Å². The molecular formula is C23H40N2O7. The Morgan fingerprint density at radius 2 is 1.84 bits per heavy atom. The lowest BCUT2D eigenvalue weighted by molar-refractivity contribution is -0.150. The van der Waals surface area contributed by atoms with Gasteiger partial charge in [-0.3, -0.25) is 14.5 Å². The maximum absolute atomic E-state index is 13.2. The zero-order valence-electron chi connectivity index (χ0n) is 20.6. The molecule has 0 radical (unpaired) electrons. The number of hydrogen-bond acceptors (Lipinski definition) is 7. The fourth-order valence-electron chi connectivity index (χ4n) is 3.99. The predicted molar refractivity (Wildman–Crippen MR) is 120 cm³/mol. The number of carbonyl (C=O) groups is 3. The summed E-state index contributed by atoms with van der Waals surface area (Å²) in [6, 6.07) is -2.33. The van der Waals surface area contributed by atoms with Crippen LogP contribution < -0.4 is 5.32 Å². The van der Waals surface area contributed by atoms with Crippen molar-refractivity contribution in [3.63, 3.8) is 0 Å². The number of ether oxygens (including phenoxy) is 3. The third kappa shape index (κ3) is 8.18. The monoisotopic (exact) mass is 456 g/mol. The molecule has 1 aliphatic rings. The van der Waals surface area contributed by atoms with Crippen molar-refractivity contribution in [2.24, 2.45) is 5.92 Å². The lowest BCUT2D eigenvalue weighted by Crippen LogP contribution is -2.60. The van der Waals surface area contributed by atoms with Crippen LogP contribution in [0.4, 0.5) is 4.79 Å². The summed E-state index contributed by atoms with van der Waals surface area (Å²) in [6.07, 6.45) is 1.71. The van der Waals surface area contributed by atoms with Crippen LogP contribution in [0, 0.1) is 5.92 Å². The van der Waals surface area contributed by atoms with Crippen LogP contribution >= 0.6 is 0 Å². The van der Waals surface area contributed by atoms with Crippen molar-refractivity contribution in [1.82, 2.24) is 10.2 Å². The largest absolute Gasteiger partial charge is 0.444 e. The SMILES string of the molecule is C/C=C\[C@@H]1C[C@H](C(C)=O)N(C(=O)OC(C)(C)C)[C@H]1C(NC(C)=O)[C@H](O)COC(C)OCC. The van der Waals surface area contributed by atoms with Gasteiger partial charge in [0.1, 0.15) is 5.60 Å². The molecule has 9 heteroatoms. The number of likely N-dealkylation sites (tertiary alicyclic amines) is 1. The van der Waals surface area contributed by atoms with E-state index in [1.807, 2.05) is 26.0 Å². The molecule has 2 amide bonds. The number of ketones is 1. The summed E-state index contributed by atoms with van der Waals surface area (Å²) >= 11 is 0. The van der Waals surface area contributed by atoms with Gasteiger partial charge in [0.2, 0.25) is 5.91 Å². The molecule has 2 unspecified atom stereocenters. The Balaban J connectivity index is 3.36. The zero-order chi connectivity index (χ0) is 24.6. The van der Waals surface area contributed by atoms with Crippen LogP contribution in [0.5, 0.6) is 0 Å². The van der Waals surface area contributed by atoms with E-state index in [-0.39, 0.29) is 24.2 Å². The first-order chi connectivity index (χ1) is 14.8. The van der Waals surface area contributed by atoms with E-state index in [0.29, 0.717) is 13.0 Å². The molecule has 1 rings (SSSR count). The maximum Gasteiger partial charge on any atom is 0.411 e. The fourth-order valence-corrected chi connectivity index (χ4v) is 3.99. The number of nitrogens with one attached hydrogen (secondary N) is 1. The molecule has 6 atom stereocenters. The van der Waals surface area contributed by atoms with Crippen LogP contribution in [-0.2, 0) is 23.8 Å². The lowest BCUT2D eigenvalue weighted by atomic mass is 9.89. The average molecular weight is 457 g/mol. The Labute approximate surface area is 191 Å². The van der Waals surface area contributed by atoms with Crippen LogP contribution in [-0.4, -0.2) is 77.1 Å². The van der Waals surface area contributed by atoms with Crippen molar-refractivity contribution in [3.05, 3.63) is 12.2 Å². The Bertz CT molecular complexity index is 674. The van der Waals surface area contributed by atoms with Crippen molar-refractivity contribution < 1.29 is 33.7 Å². The van der Waals surface area contributed by atoms with E-state index < -0.39 is 42.2 Å². The molecule has 0 aromatic carbocycles. The van der Waals surface area contributed by atoms with Gasteiger partial charge in [0.05, 0.1) is 30.8 Å². The van der Waals surface area contributed by atoms with Gasteiger partial charge in [0.25, 0.3) is 0 Å². The molecule has 1 heterocycles. The van der Waals surface area contributed by atoms with Crippen LogP contribution in [0.1, 0.15) is 61.8 Å². The van der Waals surface area contributed by atoms with Gasteiger partial charge in [-0.05, 0) is 54.9 Å². The quantitative estimate of drug-likeness (QED) is 0.383. The number of amides is 2. The average Bonchev–Trinajstić information content (AvgIpc) is 3.02. The van der Waals surface area contributed by atoms with Gasteiger partial charge in [-0.2, -0.15) is 0 Å². The molecule has 1 saturated heterocycles. The number of hydrogen-bond donors (Lipinski definition) is 2. The molecular weight excluding hydrogens is 416 g/mol. The minimum Gasteiger partial charge on any atom is -0.444 e. The lowest BCUT2D eigenvalue weighted by Gasteiger charge is -2.39. The summed E-state index contributed by atoms with van der Waals surface area (Å²) in [6.45, 7) is 13.7. The Hall–Kier alpha value is -1.97. The highest BCUT2D eigenvalue weighted by Crippen LogP contribution is 2.36. The van der Waals surface area contributed by atoms with Gasteiger partial charge in [0.15, 0.2) is 12.1 Å². The van der Waals surface area contributed by atoms with Crippen LogP contribution in [0.25, 0.3) is 0 Å². The Morgan fingerprint density at radius 3 is 2.31 bits per heavy atom. The summed E-state index contributed by atoms with van der Waals surface area (Å²) in [5.74, 6) is -0.844. The highest BCUT2D eigenvalue weighted by atomic mass is 16.7. The standard InChI is InChI=1S/C23H40N2O7/c1-9-11-17-12-18(14(3)26)25(22(29)32-23(6,7)8)21(17)20(24-15(4)27)19(28)13-31-16(5)30-10-2/h9,11,16-21,28H,10,12-13H2,1-8H3,(H,24,27)/b11-9-/t16?,17-,18-,19-,20?,21-/m1/s1. The van der Waals surface area contributed by atoms with E-state index in [1.165, 1.54) is 18.7 Å². The molecule has 1 aliphatic heterocycles. The van der Waals surface area contributed by atoms with E-state index in [4.69, 9.17) is 14.2 Å². The summed E-state index contributed by atoms with van der Waals surface area (Å²) < 4.78 is 16.5. The first-order valence-electron chi connectivity index (χ1n) is 11.1. The molecule has 0 aliphatic carbocycles. The van der Waals surface area contributed by atoms with E-state index >= 15 is 0 Å². The first-order valence-corrected chi connectivity index (χ1v) is 11.1. The summed E-state index contributed by atoms with van der Waals surface area (Å²) in [4.78, 5) is 39.0. The van der Waals surface area contributed by atoms with E-state index in [2.05, 4.69) is 5.32 Å². The number of aliphatic hydroxyl groups excluding tert-OH is 1. The molecule has 0 spiro atoms. The van der Waals surface area contributed by atoms with Crippen LogP contribution in [0.15, 0.2) is 12.2 Å². The molecule has 184 valence electrons. The molecule has 32 heavy (non-hydrogen) atoms. The van der Waals surface area contributed by atoms with Crippen molar-refractivity contribution >= 4 is 17.8 Å². The zero-order valence-corrected chi connectivity index (χ0v) is 20.6. The predicted octanol–water partition coefficient (Wildman–Crippen LogP) is 2.41. The van der Waals surface area contributed by atoms with Gasteiger partial charge >= 0.3 is 6.09 Å². The topological polar surface area (TPSA) is 114 Å². The van der Waals surface area contributed by atoms with E-state index in [0.717, 1.165) is 0 Å². The molecule has 0 bridgehead atoms. The fraction of sp³-hybridized carbons (Fsp3) is 0.783. The minimum absolute atomic E-state index is 0.127. The molecule has 2 N–H and O–H groups in total. The summed E-state index contributed by atoms with van der Waals surface area (Å²) in [5.41, 5.74) is -0.778. The summed E-state index contributed by atoms with van der Waals surface area (Å²) in [5, 5.41) is 13.8. The molecule has 9 nitrogen and oxygen atoms in total. The smallest absolute Gasteiger partial charge is 0.411 e. The summed E-state index contributed by atoms with van der Waals surface area (Å²) in [7, 11) is 0. The van der Waals surface area contributed by atoms with E-state index in [1.54, 1.807) is 27.7 Å². The second kappa shape index (κ2) is 12.3. The van der Waals surface area contributed by atoms with Gasteiger partial charge in [-0.25, -0.2) is 4.79 Å². The van der Waals surface area contributed by atoms with Crippen molar-refractivity contribution in [1.29, 1.82) is 0 Å². The van der Waals surface area contributed by atoms with E-state index in [9.17, 15) is 19.5 Å². The van der Waals surface area contributed by atoms with Gasteiger partial charge in [0, 0.05) is 19.4 Å². The first kappa shape index (κ1) is 28.1. The van der Waals surface area contributed by atoms with Crippen LogP contribution in [0.3, 0.4) is 0 Å². The molecule has 0 saturated carbocycles. The van der Waals surface area contributed by atoms with Crippen molar-refractivity contribution in [2.75, 3.05) is 13.2 Å². The maximum atomic E-state index is 13.2. The second-order valence-electron chi connectivity index (χ2n) is 9.08. The number of nitrogens with zero attached hydrogens (tertiary/aromatic N) is 1. The van der Waals surface area contributed by atoms with Crippen molar-refractivity contribution in [2.45, 2.75) is 97.9 Å². The molecule has 0 aromatic rings. The highest BCUT2D eigenvalue weighted by molar-refractivity contribution is 5.86. The molecule has 0 aromatic heterocycles. The highest BCUT2D eigenvalue weighted by Gasteiger charge is 2.51. The third-order valence-electron chi connectivity index (χ3n) is 5.16. The van der Waals surface area contributed by atoms with Gasteiger partial charge < -0.3 is 24.6 Å². The number of allylic oxidation sites excluding steroid dienone is 1. The Kier molecular flexibility index (Phi) is 10.8. The number of carbonyl (C=O) groups excluding carboxylic acids is 3. The normalized spacial score (nSPS) is 24.3.